The van der Waals surface area contributed by atoms with Crippen molar-refractivity contribution in [3.63, 3.8) is 0 Å². The van der Waals surface area contributed by atoms with Crippen molar-refractivity contribution in [1.29, 1.82) is 0 Å². The fourth-order valence-corrected chi connectivity index (χ4v) is 2.62. The van der Waals surface area contributed by atoms with Crippen LogP contribution in [0.25, 0.3) is 0 Å². The molecule has 1 aromatic rings. The third-order valence-corrected chi connectivity index (χ3v) is 3.73. The maximum atomic E-state index is 14.8. The third-order valence-electron chi connectivity index (χ3n) is 3.73. The van der Waals surface area contributed by atoms with Gasteiger partial charge in [-0.25, -0.2) is 4.39 Å². The molecule has 1 fully saturated rings. The first-order valence-electron chi connectivity index (χ1n) is 6.69. The first kappa shape index (κ1) is 13.3. The Morgan fingerprint density at radius 1 is 1.33 bits per heavy atom. The van der Waals surface area contributed by atoms with Crippen molar-refractivity contribution >= 4 is 0 Å². The van der Waals surface area contributed by atoms with Crippen LogP contribution in [0.5, 0.6) is 5.75 Å². The normalized spacial score (nSPS) is 23.4. The molecule has 2 unspecified atom stereocenters. The number of benzene rings is 1. The standard InChI is InChI=1S/C15H22FNO/c1-15(16,11-13-5-3-4-10-17-13)12-6-8-14(18-2)9-7-12/h6-9,13,17H,3-5,10-11H2,1-2H3. The van der Waals surface area contributed by atoms with Gasteiger partial charge in [-0.1, -0.05) is 18.6 Å². The van der Waals surface area contributed by atoms with Crippen LogP contribution in [0.15, 0.2) is 24.3 Å². The van der Waals surface area contributed by atoms with E-state index in [4.69, 9.17) is 4.74 Å². The van der Waals surface area contributed by atoms with Crippen LogP contribution in [0.4, 0.5) is 4.39 Å². The minimum Gasteiger partial charge on any atom is -0.497 e. The number of alkyl halides is 1. The molecule has 1 N–H and O–H groups in total. The van der Waals surface area contributed by atoms with E-state index in [1.165, 1.54) is 12.8 Å². The monoisotopic (exact) mass is 251 g/mol. The van der Waals surface area contributed by atoms with E-state index in [1.54, 1.807) is 14.0 Å². The summed E-state index contributed by atoms with van der Waals surface area (Å²) >= 11 is 0. The molecule has 0 saturated carbocycles. The third kappa shape index (κ3) is 3.22. The topological polar surface area (TPSA) is 21.3 Å². The Kier molecular flexibility index (Phi) is 4.23. The van der Waals surface area contributed by atoms with Gasteiger partial charge in [0.15, 0.2) is 0 Å². The Morgan fingerprint density at radius 2 is 2.06 bits per heavy atom. The molecule has 1 aliphatic heterocycles. The summed E-state index contributed by atoms with van der Waals surface area (Å²) in [5, 5.41) is 3.40. The van der Waals surface area contributed by atoms with E-state index < -0.39 is 5.67 Å². The number of nitrogens with one attached hydrogen (secondary N) is 1. The number of piperidine rings is 1. The highest BCUT2D eigenvalue weighted by Gasteiger charge is 2.30. The van der Waals surface area contributed by atoms with E-state index in [1.807, 2.05) is 24.3 Å². The molecule has 0 amide bonds. The van der Waals surface area contributed by atoms with E-state index in [9.17, 15) is 4.39 Å². The van der Waals surface area contributed by atoms with Crippen LogP contribution in [0.1, 0.15) is 38.2 Å². The summed E-state index contributed by atoms with van der Waals surface area (Å²) in [4.78, 5) is 0. The molecule has 0 aromatic heterocycles. The Bertz CT molecular complexity index is 369. The first-order chi connectivity index (χ1) is 8.62. The van der Waals surface area contributed by atoms with Crippen LogP contribution in [-0.2, 0) is 5.67 Å². The predicted octanol–water partition coefficient (Wildman–Crippen LogP) is 3.41. The fraction of sp³-hybridized carbons (Fsp3) is 0.600. The highest BCUT2D eigenvalue weighted by Crippen LogP contribution is 2.33. The second-order valence-corrected chi connectivity index (χ2v) is 5.28. The lowest BCUT2D eigenvalue weighted by Gasteiger charge is -2.30. The van der Waals surface area contributed by atoms with Gasteiger partial charge in [-0.15, -0.1) is 0 Å². The smallest absolute Gasteiger partial charge is 0.134 e. The molecule has 1 aromatic carbocycles. The van der Waals surface area contributed by atoms with Crippen molar-refractivity contribution in [2.75, 3.05) is 13.7 Å². The molecule has 1 saturated heterocycles. The van der Waals surface area contributed by atoms with Crippen molar-refractivity contribution in [1.82, 2.24) is 5.32 Å². The van der Waals surface area contributed by atoms with Gasteiger partial charge in [-0.3, -0.25) is 0 Å². The van der Waals surface area contributed by atoms with Crippen LogP contribution in [0.3, 0.4) is 0 Å². The van der Waals surface area contributed by atoms with Crippen LogP contribution in [0.2, 0.25) is 0 Å². The van der Waals surface area contributed by atoms with E-state index in [2.05, 4.69) is 5.32 Å². The number of halogens is 1. The number of hydrogen-bond donors (Lipinski definition) is 1. The van der Waals surface area contributed by atoms with E-state index in [0.29, 0.717) is 12.5 Å². The lowest BCUT2D eigenvalue weighted by molar-refractivity contribution is 0.146. The maximum Gasteiger partial charge on any atom is 0.134 e. The van der Waals surface area contributed by atoms with Gasteiger partial charge in [0.25, 0.3) is 0 Å². The van der Waals surface area contributed by atoms with Gasteiger partial charge in [-0.2, -0.15) is 0 Å². The molecule has 0 bridgehead atoms. The Balaban J connectivity index is 2.03. The van der Waals surface area contributed by atoms with Crippen LogP contribution in [0, 0.1) is 0 Å². The molecule has 0 aliphatic carbocycles. The maximum absolute atomic E-state index is 14.8. The van der Waals surface area contributed by atoms with Crippen molar-refractivity contribution in [3.05, 3.63) is 29.8 Å². The number of rotatable bonds is 4. The van der Waals surface area contributed by atoms with E-state index in [-0.39, 0.29) is 0 Å². The molecule has 3 heteroatoms. The molecular formula is C15H22FNO. The minimum absolute atomic E-state index is 0.302. The molecule has 0 radical (unpaired) electrons. The Hall–Kier alpha value is -1.09. The second-order valence-electron chi connectivity index (χ2n) is 5.28. The van der Waals surface area contributed by atoms with Crippen molar-refractivity contribution in [2.24, 2.45) is 0 Å². The van der Waals surface area contributed by atoms with E-state index >= 15 is 0 Å². The summed E-state index contributed by atoms with van der Waals surface area (Å²) < 4.78 is 19.9. The van der Waals surface area contributed by atoms with Crippen LogP contribution in [-0.4, -0.2) is 19.7 Å². The summed E-state index contributed by atoms with van der Waals surface area (Å²) in [6.07, 6.45) is 4.04. The lowest BCUT2D eigenvalue weighted by atomic mass is 9.88. The quantitative estimate of drug-likeness (QED) is 0.885. The fourth-order valence-electron chi connectivity index (χ4n) is 2.62. The summed E-state index contributed by atoms with van der Waals surface area (Å²) in [6.45, 7) is 2.69. The average molecular weight is 251 g/mol. The van der Waals surface area contributed by atoms with Crippen molar-refractivity contribution in [3.8, 4) is 5.75 Å². The lowest BCUT2D eigenvalue weighted by Crippen LogP contribution is -2.38. The molecule has 18 heavy (non-hydrogen) atoms. The Labute approximate surface area is 109 Å². The van der Waals surface area contributed by atoms with Gasteiger partial charge >= 0.3 is 0 Å². The van der Waals surface area contributed by atoms with Gasteiger partial charge < -0.3 is 10.1 Å². The summed E-state index contributed by atoms with van der Waals surface area (Å²) in [6, 6.07) is 7.59. The number of hydrogen-bond acceptors (Lipinski definition) is 2. The van der Waals surface area contributed by atoms with Gasteiger partial charge in [0.1, 0.15) is 11.4 Å². The van der Waals surface area contributed by atoms with E-state index in [0.717, 1.165) is 24.3 Å². The van der Waals surface area contributed by atoms with Crippen LogP contribution >= 0.6 is 0 Å². The summed E-state index contributed by atoms with van der Waals surface area (Å²) in [7, 11) is 1.62. The highest BCUT2D eigenvalue weighted by atomic mass is 19.1. The summed E-state index contributed by atoms with van der Waals surface area (Å²) in [5.41, 5.74) is -0.544. The molecule has 100 valence electrons. The molecule has 2 atom stereocenters. The molecule has 0 spiro atoms. The molecular weight excluding hydrogens is 229 g/mol. The number of ether oxygens (including phenoxy) is 1. The first-order valence-corrected chi connectivity index (χ1v) is 6.69. The van der Waals surface area contributed by atoms with Crippen LogP contribution < -0.4 is 10.1 Å². The van der Waals surface area contributed by atoms with Gasteiger partial charge in [0.05, 0.1) is 7.11 Å². The highest BCUT2D eigenvalue weighted by molar-refractivity contribution is 5.30. The van der Waals surface area contributed by atoms with Gasteiger partial charge in [-0.05, 0) is 44.0 Å². The van der Waals surface area contributed by atoms with Crippen molar-refractivity contribution < 1.29 is 9.13 Å². The minimum atomic E-state index is -1.28. The zero-order valence-electron chi connectivity index (χ0n) is 11.2. The van der Waals surface area contributed by atoms with Gasteiger partial charge in [0, 0.05) is 12.5 Å². The number of methoxy groups -OCH3 is 1. The zero-order valence-corrected chi connectivity index (χ0v) is 11.2. The van der Waals surface area contributed by atoms with Crippen molar-refractivity contribution in [2.45, 2.75) is 44.3 Å². The summed E-state index contributed by atoms with van der Waals surface area (Å²) in [5.74, 6) is 0.769. The largest absolute Gasteiger partial charge is 0.497 e. The Morgan fingerprint density at radius 3 is 2.61 bits per heavy atom. The average Bonchev–Trinajstić information content (AvgIpc) is 2.39. The molecule has 1 heterocycles. The molecule has 2 nitrogen and oxygen atoms in total. The van der Waals surface area contributed by atoms with Gasteiger partial charge in [0.2, 0.25) is 0 Å². The second kappa shape index (κ2) is 5.70. The predicted molar refractivity (Wildman–Crippen MR) is 71.7 cm³/mol. The zero-order chi connectivity index (χ0) is 13.0. The molecule has 1 aliphatic rings. The molecule has 2 rings (SSSR count). The SMILES string of the molecule is COc1ccc(C(C)(F)CC2CCCCN2)cc1.